The van der Waals surface area contributed by atoms with Gasteiger partial charge in [0.05, 0.1) is 5.92 Å². The van der Waals surface area contributed by atoms with Gasteiger partial charge in [-0.2, -0.15) is 0 Å². The van der Waals surface area contributed by atoms with Gasteiger partial charge >= 0.3 is 12.1 Å². The molecule has 4 unspecified atom stereocenters. The van der Waals surface area contributed by atoms with Crippen molar-refractivity contribution in [1.82, 2.24) is 10.2 Å². The smallest absolute Gasteiger partial charge is 0.407 e. The molecule has 0 saturated carbocycles. The van der Waals surface area contributed by atoms with Crippen molar-refractivity contribution in [3.63, 3.8) is 0 Å². The Morgan fingerprint density at radius 1 is 1.03 bits per heavy atom. The first-order valence-corrected chi connectivity index (χ1v) is 12.0. The molecule has 178 valence electrons. The van der Waals surface area contributed by atoms with E-state index in [2.05, 4.69) is 29.6 Å². The van der Waals surface area contributed by atoms with Gasteiger partial charge in [-0.15, -0.1) is 0 Å². The van der Waals surface area contributed by atoms with Crippen LogP contribution in [-0.4, -0.2) is 52.7 Å². The Kier molecular flexibility index (Phi) is 5.80. The van der Waals surface area contributed by atoms with Crippen molar-refractivity contribution in [3.05, 3.63) is 59.7 Å². The zero-order valence-corrected chi connectivity index (χ0v) is 19.4. The Bertz CT molecular complexity index is 1080. The largest absolute Gasteiger partial charge is 0.481 e. The number of carboxylic acids is 1. The van der Waals surface area contributed by atoms with Gasteiger partial charge in [-0.3, -0.25) is 9.59 Å². The van der Waals surface area contributed by atoms with Gasteiger partial charge in [0, 0.05) is 18.0 Å². The minimum absolute atomic E-state index is 0.0582. The second-order valence-corrected chi connectivity index (χ2v) is 9.92. The van der Waals surface area contributed by atoms with Crippen LogP contribution in [0.3, 0.4) is 0 Å². The van der Waals surface area contributed by atoms with Crippen molar-refractivity contribution in [2.45, 2.75) is 57.2 Å². The van der Waals surface area contributed by atoms with E-state index in [4.69, 9.17) is 4.74 Å². The number of carbonyl (C=O) groups is 3. The summed E-state index contributed by atoms with van der Waals surface area (Å²) in [6.07, 6.45) is 1.37. The van der Waals surface area contributed by atoms with Crippen LogP contribution in [-0.2, 0) is 14.3 Å². The number of hydrogen-bond donors (Lipinski definition) is 2. The highest BCUT2D eigenvalue weighted by Gasteiger charge is 2.52. The van der Waals surface area contributed by atoms with E-state index in [9.17, 15) is 19.5 Å². The number of nitrogens with zero attached hydrogens (tertiary/aromatic N) is 1. The van der Waals surface area contributed by atoms with Gasteiger partial charge in [-0.05, 0) is 47.4 Å². The number of aliphatic carboxylic acids is 1. The highest BCUT2D eigenvalue weighted by molar-refractivity contribution is 5.88. The van der Waals surface area contributed by atoms with E-state index < -0.39 is 24.0 Å². The maximum Gasteiger partial charge on any atom is 0.407 e. The Balaban J connectivity index is 1.27. The molecule has 2 bridgehead atoms. The van der Waals surface area contributed by atoms with Crippen LogP contribution < -0.4 is 5.32 Å². The van der Waals surface area contributed by atoms with E-state index in [0.29, 0.717) is 12.8 Å². The van der Waals surface area contributed by atoms with Crippen LogP contribution in [0, 0.1) is 11.8 Å². The van der Waals surface area contributed by atoms with Crippen LogP contribution in [0.2, 0.25) is 0 Å². The number of fused-ring (bicyclic) bond motifs is 5. The molecule has 2 amide bonds. The molecule has 3 aliphatic rings. The highest BCUT2D eigenvalue weighted by atomic mass is 16.5. The summed E-state index contributed by atoms with van der Waals surface area (Å²) in [6, 6.07) is 15.1. The second kappa shape index (κ2) is 8.78. The van der Waals surface area contributed by atoms with Crippen molar-refractivity contribution < 1.29 is 24.2 Å². The van der Waals surface area contributed by atoms with Gasteiger partial charge in [0.15, 0.2) is 0 Å². The summed E-state index contributed by atoms with van der Waals surface area (Å²) in [6.45, 7) is 3.92. The number of nitrogens with one attached hydrogen (secondary N) is 1. The Labute approximate surface area is 199 Å². The Hall–Kier alpha value is -3.35. The third-order valence-electron chi connectivity index (χ3n) is 7.66. The fourth-order valence-corrected chi connectivity index (χ4v) is 6.04. The zero-order valence-electron chi connectivity index (χ0n) is 19.4. The fraction of sp³-hybridized carbons (Fsp3) is 0.444. The van der Waals surface area contributed by atoms with Gasteiger partial charge in [0.2, 0.25) is 5.91 Å². The summed E-state index contributed by atoms with van der Waals surface area (Å²) in [5.74, 6) is -1.80. The minimum Gasteiger partial charge on any atom is -0.481 e. The number of benzene rings is 2. The number of amides is 2. The summed E-state index contributed by atoms with van der Waals surface area (Å²) < 4.78 is 5.65. The van der Waals surface area contributed by atoms with Gasteiger partial charge in [0.25, 0.3) is 0 Å². The number of hydrogen-bond acceptors (Lipinski definition) is 4. The van der Waals surface area contributed by atoms with Crippen LogP contribution in [0.5, 0.6) is 0 Å². The normalized spacial score (nSPS) is 23.5. The molecule has 2 saturated heterocycles. The SMILES string of the molecule is CC(C)C(NC(=O)OCC1c2ccccc2-c2ccccc21)C(=O)N1C2CCC1C(C(=O)O)C2. The number of alkyl carbamates (subject to hydrolysis) is 1. The van der Waals surface area contributed by atoms with Crippen LogP contribution in [0.25, 0.3) is 11.1 Å². The lowest BCUT2D eigenvalue weighted by atomic mass is 9.89. The van der Waals surface area contributed by atoms with Crippen molar-refractivity contribution in [1.29, 1.82) is 0 Å². The van der Waals surface area contributed by atoms with E-state index in [0.717, 1.165) is 28.7 Å². The van der Waals surface area contributed by atoms with Crippen molar-refractivity contribution in [2.24, 2.45) is 11.8 Å². The summed E-state index contributed by atoms with van der Waals surface area (Å²) in [5, 5.41) is 12.3. The number of carbonyl (C=O) groups excluding carboxylic acids is 2. The van der Waals surface area contributed by atoms with Gasteiger partial charge < -0.3 is 20.1 Å². The summed E-state index contributed by atoms with van der Waals surface area (Å²) in [5.41, 5.74) is 4.56. The molecular formula is C27H30N2O5. The molecule has 2 heterocycles. The molecule has 2 fully saturated rings. The lowest BCUT2D eigenvalue weighted by Gasteiger charge is -2.30. The van der Waals surface area contributed by atoms with Gasteiger partial charge in [0.1, 0.15) is 12.6 Å². The summed E-state index contributed by atoms with van der Waals surface area (Å²) >= 11 is 0. The van der Waals surface area contributed by atoms with Crippen LogP contribution in [0.4, 0.5) is 4.79 Å². The molecule has 2 aromatic carbocycles. The van der Waals surface area contributed by atoms with Crippen molar-refractivity contribution >= 4 is 18.0 Å². The molecule has 2 aliphatic heterocycles. The van der Waals surface area contributed by atoms with E-state index in [1.54, 1.807) is 4.90 Å². The monoisotopic (exact) mass is 462 g/mol. The molecule has 34 heavy (non-hydrogen) atoms. The van der Waals surface area contributed by atoms with Gasteiger partial charge in [-0.25, -0.2) is 4.79 Å². The third kappa shape index (κ3) is 3.73. The maximum absolute atomic E-state index is 13.4. The maximum atomic E-state index is 13.4. The standard InChI is InChI=1S/C27H30N2O5/c1-15(2)24(25(30)29-16-11-12-23(29)21(13-16)26(31)32)28-27(33)34-14-22-19-9-5-3-7-17(19)18-8-4-6-10-20(18)22/h3-10,15-16,21-24H,11-14H2,1-2H3,(H,28,33)(H,31,32). The van der Waals surface area contributed by atoms with E-state index in [1.807, 2.05) is 38.1 Å². The summed E-state index contributed by atoms with van der Waals surface area (Å²) in [7, 11) is 0. The first-order chi connectivity index (χ1) is 16.4. The summed E-state index contributed by atoms with van der Waals surface area (Å²) in [4.78, 5) is 39.5. The molecule has 0 aromatic heterocycles. The first-order valence-electron chi connectivity index (χ1n) is 12.0. The molecule has 7 nitrogen and oxygen atoms in total. The van der Waals surface area contributed by atoms with E-state index >= 15 is 0 Å². The number of rotatable bonds is 6. The third-order valence-corrected chi connectivity index (χ3v) is 7.66. The quantitative estimate of drug-likeness (QED) is 0.676. The van der Waals surface area contributed by atoms with Crippen LogP contribution in [0.1, 0.15) is 50.2 Å². The average Bonchev–Trinajstić information content (AvgIpc) is 3.50. The first kappa shape index (κ1) is 22.4. The molecular weight excluding hydrogens is 432 g/mol. The number of carboxylic acid groups (broad SMARTS) is 1. The predicted molar refractivity (Wildman–Crippen MR) is 126 cm³/mol. The number of ether oxygens (including phenoxy) is 1. The van der Waals surface area contributed by atoms with E-state index in [-0.39, 0.29) is 36.4 Å². The molecule has 7 heteroatoms. The molecule has 0 radical (unpaired) electrons. The Morgan fingerprint density at radius 3 is 2.21 bits per heavy atom. The lowest BCUT2D eigenvalue weighted by molar-refractivity contribution is -0.143. The molecule has 2 N–H and O–H groups in total. The fourth-order valence-electron chi connectivity index (χ4n) is 6.04. The van der Waals surface area contributed by atoms with Crippen molar-refractivity contribution in [3.8, 4) is 11.1 Å². The molecule has 5 rings (SSSR count). The average molecular weight is 463 g/mol. The zero-order chi connectivity index (χ0) is 24.0. The second-order valence-electron chi connectivity index (χ2n) is 9.92. The van der Waals surface area contributed by atoms with Crippen LogP contribution >= 0.6 is 0 Å². The minimum atomic E-state index is -0.851. The molecule has 2 aromatic rings. The predicted octanol–water partition coefficient (Wildman–Crippen LogP) is 4.01. The highest BCUT2D eigenvalue weighted by Crippen LogP contribution is 2.45. The topological polar surface area (TPSA) is 95.9 Å². The Morgan fingerprint density at radius 2 is 1.65 bits per heavy atom. The van der Waals surface area contributed by atoms with Gasteiger partial charge in [-0.1, -0.05) is 62.4 Å². The molecule has 1 aliphatic carbocycles. The molecule has 4 atom stereocenters. The van der Waals surface area contributed by atoms with E-state index in [1.165, 1.54) is 0 Å². The lowest BCUT2D eigenvalue weighted by Crippen LogP contribution is -2.53. The van der Waals surface area contributed by atoms with Crippen molar-refractivity contribution in [2.75, 3.05) is 6.61 Å². The van der Waals surface area contributed by atoms with Crippen LogP contribution in [0.15, 0.2) is 48.5 Å². The molecule has 0 spiro atoms.